The Morgan fingerprint density at radius 2 is 1.52 bits per heavy atom. The monoisotopic (exact) mass is 320 g/mol. The summed E-state index contributed by atoms with van der Waals surface area (Å²) in [4.78, 5) is 10.3. The molecule has 0 aliphatic rings. The molecule has 0 saturated carbocycles. The fourth-order valence-corrected chi connectivity index (χ4v) is 2.00. The molecular weight excluding hydrogens is 288 g/mol. The minimum absolute atomic E-state index is 0.101. The van der Waals surface area contributed by atoms with Crippen molar-refractivity contribution in [3.05, 3.63) is 48.3 Å². The van der Waals surface area contributed by atoms with E-state index in [2.05, 4.69) is 25.2 Å². The Balaban J connectivity index is 3.59. The number of carbonyl (C=O) groups is 1. The SMILES string of the molecule is CCCCC/C=C/CC/C=C/C=C/C/C=C(\O)CCCC(=O)O. The molecule has 0 aromatic rings. The van der Waals surface area contributed by atoms with Gasteiger partial charge in [0, 0.05) is 12.8 Å². The van der Waals surface area contributed by atoms with Crippen LogP contribution < -0.4 is 0 Å². The molecule has 0 amide bonds. The van der Waals surface area contributed by atoms with Gasteiger partial charge >= 0.3 is 5.97 Å². The lowest BCUT2D eigenvalue weighted by atomic mass is 10.2. The van der Waals surface area contributed by atoms with Crippen LogP contribution in [-0.4, -0.2) is 16.2 Å². The zero-order chi connectivity index (χ0) is 17.2. The van der Waals surface area contributed by atoms with E-state index in [1.165, 1.54) is 25.7 Å². The molecule has 0 heterocycles. The molecule has 3 nitrogen and oxygen atoms in total. The van der Waals surface area contributed by atoms with E-state index in [0.29, 0.717) is 19.3 Å². The predicted octanol–water partition coefficient (Wildman–Crippen LogP) is 6.10. The molecule has 0 spiro atoms. The van der Waals surface area contributed by atoms with Crippen LogP contribution in [0.3, 0.4) is 0 Å². The normalized spacial score (nSPS) is 12.8. The van der Waals surface area contributed by atoms with Gasteiger partial charge < -0.3 is 10.2 Å². The molecule has 0 atom stereocenters. The van der Waals surface area contributed by atoms with Gasteiger partial charge in [-0.15, -0.1) is 0 Å². The summed E-state index contributed by atoms with van der Waals surface area (Å²) in [7, 11) is 0. The third-order valence-electron chi connectivity index (χ3n) is 3.34. The summed E-state index contributed by atoms with van der Waals surface area (Å²) in [5.41, 5.74) is 0. The Hall–Kier alpha value is -1.77. The Labute approximate surface area is 141 Å². The topological polar surface area (TPSA) is 57.5 Å². The van der Waals surface area contributed by atoms with E-state index >= 15 is 0 Å². The summed E-state index contributed by atoms with van der Waals surface area (Å²) in [5.74, 6) is -0.549. The first-order chi connectivity index (χ1) is 11.2. The fraction of sp³-hybridized carbons (Fsp3) is 0.550. The average molecular weight is 320 g/mol. The summed E-state index contributed by atoms with van der Waals surface area (Å²) in [6.45, 7) is 2.22. The second kappa shape index (κ2) is 16.6. The smallest absolute Gasteiger partial charge is 0.303 e. The number of rotatable bonds is 14. The van der Waals surface area contributed by atoms with Gasteiger partial charge in [-0.25, -0.2) is 0 Å². The molecule has 0 aliphatic heterocycles. The van der Waals surface area contributed by atoms with Crippen molar-refractivity contribution in [3.8, 4) is 0 Å². The van der Waals surface area contributed by atoms with E-state index in [9.17, 15) is 9.90 Å². The van der Waals surface area contributed by atoms with E-state index in [0.717, 1.165) is 12.8 Å². The highest BCUT2D eigenvalue weighted by atomic mass is 16.4. The first kappa shape index (κ1) is 21.2. The molecule has 2 N–H and O–H groups in total. The summed E-state index contributed by atoms with van der Waals surface area (Å²) in [6.07, 6.45) is 23.3. The maximum atomic E-state index is 10.3. The Morgan fingerprint density at radius 1 is 0.826 bits per heavy atom. The van der Waals surface area contributed by atoms with Gasteiger partial charge in [-0.3, -0.25) is 4.79 Å². The van der Waals surface area contributed by atoms with Crippen molar-refractivity contribution in [1.29, 1.82) is 0 Å². The molecule has 0 aromatic carbocycles. The molecule has 0 saturated heterocycles. The van der Waals surface area contributed by atoms with Crippen LogP contribution in [0.15, 0.2) is 48.3 Å². The summed E-state index contributed by atoms with van der Waals surface area (Å²) in [5, 5.41) is 18.0. The van der Waals surface area contributed by atoms with Crippen LogP contribution in [0.25, 0.3) is 0 Å². The van der Waals surface area contributed by atoms with Gasteiger partial charge in [0.05, 0.1) is 5.76 Å². The van der Waals surface area contributed by atoms with Gasteiger partial charge in [0.2, 0.25) is 0 Å². The van der Waals surface area contributed by atoms with Crippen LogP contribution in [-0.2, 0) is 4.79 Å². The van der Waals surface area contributed by atoms with Crippen molar-refractivity contribution in [1.82, 2.24) is 0 Å². The van der Waals surface area contributed by atoms with Crippen molar-refractivity contribution in [3.63, 3.8) is 0 Å². The van der Waals surface area contributed by atoms with Crippen LogP contribution in [0.2, 0.25) is 0 Å². The maximum Gasteiger partial charge on any atom is 0.303 e. The van der Waals surface area contributed by atoms with Gasteiger partial charge in [-0.1, -0.05) is 56.2 Å². The van der Waals surface area contributed by atoms with Gasteiger partial charge in [0.15, 0.2) is 0 Å². The fourth-order valence-electron chi connectivity index (χ4n) is 2.00. The van der Waals surface area contributed by atoms with Gasteiger partial charge in [0.25, 0.3) is 0 Å². The Morgan fingerprint density at radius 3 is 2.26 bits per heavy atom. The van der Waals surface area contributed by atoms with Gasteiger partial charge in [0.1, 0.15) is 0 Å². The van der Waals surface area contributed by atoms with Gasteiger partial charge in [-0.2, -0.15) is 0 Å². The Bertz CT molecular complexity index is 403. The van der Waals surface area contributed by atoms with Crippen molar-refractivity contribution < 1.29 is 15.0 Å². The summed E-state index contributed by atoms with van der Waals surface area (Å²) < 4.78 is 0. The largest absolute Gasteiger partial charge is 0.513 e. The average Bonchev–Trinajstić information content (AvgIpc) is 2.51. The molecule has 0 unspecified atom stereocenters. The first-order valence-electron chi connectivity index (χ1n) is 8.73. The number of aliphatic hydroxyl groups is 1. The molecule has 130 valence electrons. The highest BCUT2D eigenvalue weighted by molar-refractivity contribution is 5.66. The zero-order valence-corrected chi connectivity index (χ0v) is 14.4. The number of carboxylic acids is 1. The van der Waals surface area contributed by atoms with Crippen LogP contribution in [0, 0.1) is 0 Å². The van der Waals surface area contributed by atoms with Crippen LogP contribution in [0.4, 0.5) is 0 Å². The van der Waals surface area contributed by atoms with Crippen LogP contribution in [0.1, 0.15) is 71.1 Å². The summed E-state index contributed by atoms with van der Waals surface area (Å²) >= 11 is 0. The minimum Gasteiger partial charge on any atom is -0.513 e. The third-order valence-corrected chi connectivity index (χ3v) is 3.34. The van der Waals surface area contributed by atoms with E-state index in [-0.39, 0.29) is 12.2 Å². The predicted molar refractivity (Wildman–Crippen MR) is 97.6 cm³/mol. The summed E-state index contributed by atoms with van der Waals surface area (Å²) in [6, 6.07) is 0. The van der Waals surface area contributed by atoms with Crippen molar-refractivity contribution >= 4 is 5.97 Å². The first-order valence-corrected chi connectivity index (χ1v) is 8.73. The van der Waals surface area contributed by atoms with E-state index in [1.54, 1.807) is 6.08 Å². The van der Waals surface area contributed by atoms with Crippen molar-refractivity contribution in [2.45, 2.75) is 71.1 Å². The Kier molecular flexibility index (Phi) is 15.3. The highest BCUT2D eigenvalue weighted by Gasteiger charge is 1.98. The minimum atomic E-state index is -0.821. The highest BCUT2D eigenvalue weighted by Crippen LogP contribution is 2.05. The number of hydrogen-bond donors (Lipinski definition) is 2. The number of unbranched alkanes of at least 4 members (excludes halogenated alkanes) is 4. The second-order valence-electron chi connectivity index (χ2n) is 5.58. The quantitative estimate of drug-likeness (QED) is 0.176. The molecule has 0 bridgehead atoms. The molecule has 0 aliphatic carbocycles. The number of aliphatic hydroxyl groups excluding tert-OH is 1. The number of hydrogen-bond acceptors (Lipinski definition) is 2. The lowest BCUT2D eigenvalue weighted by molar-refractivity contribution is -0.137. The zero-order valence-electron chi connectivity index (χ0n) is 14.4. The number of carboxylic acid groups (broad SMARTS) is 1. The molecule has 0 radical (unpaired) electrons. The molecule has 23 heavy (non-hydrogen) atoms. The van der Waals surface area contributed by atoms with E-state index < -0.39 is 5.97 Å². The number of allylic oxidation sites excluding steroid dienone is 8. The second-order valence-corrected chi connectivity index (χ2v) is 5.58. The van der Waals surface area contributed by atoms with Gasteiger partial charge in [-0.05, 0) is 44.6 Å². The lowest BCUT2D eigenvalue weighted by Crippen LogP contribution is -1.94. The van der Waals surface area contributed by atoms with Crippen molar-refractivity contribution in [2.24, 2.45) is 0 Å². The van der Waals surface area contributed by atoms with Crippen LogP contribution >= 0.6 is 0 Å². The molecule has 0 fully saturated rings. The lowest BCUT2D eigenvalue weighted by Gasteiger charge is -1.96. The third kappa shape index (κ3) is 18.2. The standard InChI is InChI=1S/C20H32O3/c1-2-3-4-5-6-7-8-9-10-11-12-13-14-16-19(21)17-15-18-20(22)23/h6-7,10-13,16,21H,2-5,8-9,14-15,17-18H2,1H3,(H,22,23)/b7-6+,11-10+,13-12+,19-16-. The molecule has 0 aromatic heterocycles. The molecule has 0 rings (SSSR count). The maximum absolute atomic E-state index is 10.3. The van der Waals surface area contributed by atoms with Crippen molar-refractivity contribution in [2.75, 3.05) is 0 Å². The van der Waals surface area contributed by atoms with Crippen LogP contribution in [0.5, 0.6) is 0 Å². The number of aliphatic carboxylic acids is 1. The van der Waals surface area contributed by atoms with E-state index in [1.807, 2.05) is 18.2 Å². The molecule has 3 heteroatoms. The van der Waals surface area contributed by atoms with E-state index in [4.69, 9.17) is 5.11 Å². The molecular formula is C20H32O3.